The van der Waals surface area contributed by atoms with Crippen LogP contribution in [0.3, 0.4) is 0 Å². The van der Waals surface area contributed by atoms with E-state index in [1.165, 1.54) is 18.6 Å². The number of methoxy groups -OCH3 is 1. The molecule has 0 bridgehead atoms. The van der Waals surface area contributed by atoms with Gasteiger partial charge in [-0.15, -0.1) is 0 Å². The van der Waals surface area contributed by atoms with Crippen LogP contribution in [-0.2, 0) is 4.74 Å². The minimum absolute atomic E-state index is 0.338. The van der Waals surface area contributed by atoms with Crippen molar-refractivity contribution in [1.82, 2.24) is 5.32 Å². The Bertz CT molecular complexity index is 270. The maximum absolute atomic E-state index is 5.47. The van der Waals surface area contributed by atoms with Crippen LogP contribution >= 0.6 is 11.8 Å². The Morgan fingerprint density at radius 2 is 2.19 bits per heavy atom. The monoisotopic (exact) mass is 242 g/mol. The van der Waals surface area contributed by atoms with E-state index in [9.17, 15) is 0 Å². The highest BCUT2D eigenvalue weighted by Crippen LogP contribution is 2.27. The number of aliphatic imine (C=N–C) groups is 1. The van der Waals surface area contributed by atoms with Gasteiger partial charge in [0.25, 0.3) is 0 Å². The van der Waals surface area contributed by atoms with E-state index in [-0.39, 0.29) is 0 Å². The molecule has 16 heavy (non-hydrogen) atoms. The first-order valence-electron chi connectivity index (χ1n) is 6.20. The summed E-state index contributed by atoms with van der Waals surface area (Å²) in [5.41, 5.74) is 0. The molecule has 1 heterocycles. The van der Waals surface area contributed by atoms with Gasteiger partial charge in [-0.2, -0.15) is 0 Å². The topological polar surface area (TPSA) is 33.6 Å². The molecule has 0 amide bonds. The van der Waals surface area contributed by atoms with E-state index >= 15 is 0 Å². The lowest BCUT2D eigenvalue weighted by atomic mass is 10.1. The predicted molar refractivity (Wildman–Crippen MR) is 70.1 cm³/mol. The first kappa shape index (κ1) is 12.2. The number of amidine groups is 1. The summed E-state index contributed by atoms with van der Waals surface area (Å²) in [4.78, 5) is 4.82. The standard InChI is InChI=1S/C12H22N2OS/c1-8-7-16-12(13-9(8)2)14-10-5-4-6-11(10)15-3/h8-11H,4-7H2,1-3H3,(H,13,14). The van der Waals surface area contributed by atoms with Crippen molar-refractivity contribution in [3.63, 3.8) is 0 Å². The Hall–Kier alpha value is -0.220. The minimum atomic E-state index is 0.338. The fourth-order valence-corrected chi connectivity index (χ4v) is 3.48. The maximum Gasteiger partial charge on any atom is 0.157 e. The highest BCUT2D eigenvalue weighted by molar-refractivity contribution is 8.13. The molecule has 0 aromatic heterocycles. The number of nitrogens with one attached hydrogen (secondary N) is 1. The third kappa shape index (κ3) is 2.72. The molecule has 1 saturated carbocycles. The maximum atomic E-state index is 5.47. The van der Waals surface area contributed by atoms with Crippen molar-refractivity contribution >= 4 is 16.9 Å². The van der Waals surface area contributed by atoms with Gasteiger partial charge in [-0.25, -0.2) is 0 Å². The van der Waals surface area contributed by atoms with Gasteiger partial charge in [-0.3, -0.25) is 4.99 Å². The zero-order valence-corrected chi connectivity index (χ0v) is 11.2. The molecule has 0 aromatic carbocycles. The van der Waals surface area contributed by atoms with Crippen molar-refractivity contribution in [1.29, 1.82) is 0 Å². The highest BCUT2D eigenvalue weighted by Gasteiger charge is 2.28. The molecule has 1 aliphatic heterocycles. The molecule has 1 N–H and O–H groups in total. The van der Waals surface area contributed by atoms with Gasteiger partial charge in [-0.1, -0.05) is 18.7 Å². The number of hydrogen-bond acceptors (Lipinski definition) is 3. The first-order chi connectivity index (χ1) is 7.70. The highest BCUT2D eigenvalue weighted by atomic mass is 32.2. The Morgan fingerprint density at radius 1 is 1.38 bits per heavy atom. The molecule has 4 heteroatoms. The molecule has 4 unspecified atom stereocenters. The van der Waals surface area contributed by atoms with Crippen LogP contribution in [0.25, 0.3) is 0 Å². The summed E-state index contributed by atoms with van der Waals surface area (Å²) in [6, 6.07) is 0.919. The average molecular weight is 242 g/mol. The Labute approximate surface area is 102 Å². The van der Waals surface area contributed by atoms with Gasteiger partial charge in [0.05, 0.1) is 12.1 Å². The van der Waals surface area contributed by atoms with Crippen LogP contribution in [0, 0.1) is 5.92 Å². The number of ether oxygens (including phenoxy) is 1. The van der Waals surface area contributed by atoms with Gasteiger partial charge >= 0.3 is 0 Å². The molecule has 2 rings (SSSR count). The number of rotatable bonds is 2. The van der Waals surface area contributed by atoms with E-state index in [0.29, 0.717) is 18.2 Å². The molecule has 2 aliphatic rings. The van der Waals surface area contributed by atoms with Crippen molar-refractivity contribution in [3.05, 3.63) is 0 Å². The second kappa shape index (κ2) is 5.41. The van der Waals surface area contributed by atoms with E-state index in [4.69, 9.17) is 9.73 Å². The zero-order valence-electron chi connectivity index (χ0n) is 10.4. The van der Waals surface area contributed by atoms with Crippen LogP contribution in [0.1, 0.15) is 33.1 Å². The minimum Gasteiger partial charge on any atom is -0.379 e. The van der Waals surface area contributed by atoms with Gasteiger partial charge in [0.15, 0.2) is 5.17 Å². The lowest BCUT2D eigenvalue weighted by Crippen LogP contribution is -2.42. The second-order valence-electron chi connectivity index (χ2n) is 4.93. The number of thioether (sulfide) groups is 1. The first-order valence-corrected chi connectivity index (χ1v) is 7.19. The molecule has 0 aromatic rings. The van der Waals surface area contributed by atoms with Crippen LogP contribution in [0.4, 0.5) is 0 Å². The van der Waals surface area contributed by atoms with Crippen LogP contribution < -0.4 is 5.32 Å². The van der Waals surface area contributed by atoms with Crippen LogP contribution in [0.5, 0.6) is 0 Å². The molecule has 3 nitrogen and oxygen atoms in total. The zero-order chi connectivity index (χ0) is 11.5. The normalized spacial score (nSPS) is 42.3. The largest absolute Gasteiger partial charge is 0.379 e. The van der Waals surface area contributed by atoms with Crippen LogP contribution in [0.15, 0.2) is 4.99 Å². The predicted octanol–water partition coefficient (Wildman–Crippen LogP) is 2.27. The molecular formula is C12H22N2OS. The van der Waals surface area contributed by atoms with Crippen molar-refractivity contribution in [2.45, 2.75) is 51.3 Å². The molecular weight excluding hydrogens is 220 g/mol. The van der Waals surface area contributed by atoms with Gasteiger partial charge in [-0.05, 0) is 32.1 Å². The Morgan fingerprint density at radius 3 is 2.88 bits per heavy atom. The van der Waals surface area contributed by atoms with Crippen molar-refractivity contribution in [2.75, 3.05) is 12.9 Å². The summed E-state index contributed by atoms with van der Waals surface area (Å²) >= 11 is 1.86. The average Bonchev–Trinajstić information content (AvgIpc) is 2.71. The van der Waals surface area contributed by atoms with Crippen molar-refractivity contribution in [2.24, 2.45) is 10.9 Å². The lowest BCUT2D eigenvalue weighted by molar-refractivity contribution is 0.0966. The quantitative estimate of drug-likeness (QED) is 0.806. The smallest absolute Gasteiger partial charge is 0.157 e. The number of hydrogen-bond donors (Lipinski definition) is 1. The third-order valence-corrected chi connectivity index (χ3v) is 4.88. The summed E-state index contributed by atoms with van der Waals surface area (Å²) in [7, 11) is 1.80. The summed E-state index contributed by atoms with van der Waals surface area (Å²) in [5, 5.41) is 4.62. The number of nitrogens with zero attached hydrogens (tertiary/aromatic N) is 1. The summed E-state index contributed by atoms with van der Waals surface area (Å²) in [6.07, 6.45) is 3.92. The van der Waals surface area contributed by atoms with E-state index < -0.39 is 0 Å². The van der Waals surface area contributed by atoms with Crippen LogP contribution in [-0.4, -0.2) is 36.2 Å². The van der Waals surface area contributed by atoms with Gasteiger partial charge in [0, 0.05) is 18.9 Å². The lowest BCUT2D eigenvalue weighted by Gasteiger charge is -2.29. The van der Waals surface area contributed by atoms with Crippen molar-refractivity contribution in [3.8, 4) is 0 Å². The summed E-state index contributed by atoms with van der Waals surface area (Å²) in [5.74, 6) is 1.91. The fraction of sp³-hybridized carbons (Fsp3) is 0.917. The second-order valence-corrected chi connectivity index (χ2v) is 5.94. The molecule has 4 atom stereocenters. The molecule has 1 saturated heterocycles. The summed E-state index contributed by atoms with van der Waals surface area (Å²) < 4.78 is 5.47. The molecule has 0 spiro atoms. The molecule has 1 aliphatic carbocycles. The molecule has 2 fully saturated rings. The van der Waals surface area contributed by atoms with Crippen molar-refractivity contribution < 1.29 is 4.74 Å². The molecule has 0 radical (unpaired) electrons. The van der Waals surface area contributed by atoms with E-state index in [0.717, 1.165) is 17.5 Å². The Kier molecular flexibility index (Phi) is 4.14. The fourth-order valence-electron chi connectivity index (χ4n) is 2.29. The van der Waals surface area contributed by atoms with Gasteiger partial charge in [0.1, 0.15) is 0 Å². The SMILES string of the molecule is COC1CCCC1N=C1NC(C)C(C)CS1. The summed E-state index contributed by atoms with van der Waals surface area (Å²) in [6.45, 7) is 4.53. The third-order valence-electron chi connectivity index (χ3n) is 3.69. The van der Waals surface area contributed by atoms with Crippen LogP contribution in [0.2, 0.25) is 0 Å². The molecule has 92 valence electrons. The van der Waals surface area contributed by atoms with Gasteiger partial charge < -0.3 is 10.1 Å². The van der Waals surface area contributed by atoms with E-state index in [1.54, 1.807) is 7.11 Å². The van der Waals surface area contributed by atoms with E-state index in [2.05, 4.69) is 19.2 Å². The van der Waals surface area contributed by atoms with E-state index in [1.807, 2.05) is 11.8 Å². The van der Waals surface area contributed by atoms with Gasteiger partial charge in [0.2, 0.25) is 0 Å². The Balaban J connectivity index is 1.96.